The molecule has 166 valence electrons. The fourth-order valence-electron chi connectivity index (χ4n) is 4.05. The zero-order valence-electron chi connectivity index (χ0n) is 18.5. The van der Waals surface area contributed by atoms with Crippen LogP contribution in [0.3, 0.4) is 0 Å². The van der Waals surface area contributed by atoms with Crippen LogP contribution in [0.15, 0.2) is 54.7 Å². The van der Waals surface area contributed by atoms with E-state index in [1.165, 1.54) is 24.0 Å². The summed E-state index contributed by atoms with van der Waals surface area (Å²) in [5.41, 5.74) is 2.53. The fraction of sp³-hybridized carbons (Fsp3) is 0.462. The van der Waals surface area contributed by atoms with Crippen LogP contribution in [0.5, 0.6) is 17.2 Å². The van der Waals surface area contributed by atoms with Crippen LogP contribution in [-0.2, 0) is 6.42 Å². The molecule has 2 aliphatic heterocycles. The average Bonchev–Trinajstić information content (AvgIpc) is 2.80. The molecule has 1 unspecified atom stereocenters. The Labute approximate surface area is 186 Å². The van der Waals surface area contributed by atoms with Crippen molar-refractivity contribution in [2.75, 3.05) is 39.5 Å². The Morgan fingerprint density at radius 1 is 1.06 bits per heavy atom. The van der Waals surface area contributed by atoms with Crippen molar-refractivity contribution in [1.82, 2.24) is 10.2 Å². The number of benzene rings is 2. The summed E-state index contributed by atoms with van der Waals surface area (Å²) in [7, 11) is 0. The summed E-state index contributed by atoms with van der Waals surface area (Å²) >= 11 is 0. The zero-order chi connectivity index (χ0) is 21.3. The Morgan fingerprint density at radius 2 is 1.90 bits per heavy atom. The maximum atomic E-state index is 5.88. The maximum absolute atomic E-state index is 5.88. The van der Waals surface area contributed by atoms with Gasteiger partial charge in [-0.1, -0.05) is 29.8 Å². The minimum absolute atomic E-state index is 0.365. The highest BCUT2D eigenvalue weighted by Gasteiger charge is 2.17. The SMILES string of the molecule is Cc1ccc(OCCCNC(Cc2ccc3c(c2)OCCO3)CN2C=CCCC2)cc1. The molecule has 0 amide bonds. The molecule has 0 saturated heterocycles. The molecule has 0 bridgehead atoms. The highest BCUT2D eigenvalue weighted by Crippen LogP contribution is 2.31. The number of aryl methyl sites for hydroxylation is 1. The van der Waals surface area contributed by atoms with Gasteiger partial charge in [-0.05, 0) is 75.2 Å². The van der Waals surface area contributed by atoms with Crippen molar-refractivity contribution < 1.29 is 14.2 Å². The van der Waals surface area contributed by atoms with Crippen LogP contribution < -0.4 is 19.5 Å². The molecule has 0 fully saturated rings. The smallest absolute Gasteiger partial charge is 0.161 e. The summed E-state index contributed by atoms with van der Waals surface area (Å²) in [5, 5.41) is 3.76. The van der Waals surface area contributed by atoms with Crippen molar-refractivity contribution in [1.29, 1.82) is 0 Å². The molecule has 2 aliphatic rings. The number of ether oxygens (including phenoxy) is 3. The molecule has 0 saturated carbocycles. The van der Waals surface area contributed by atoms with Gasteiger partial charge in [0, 0.05) is 19.1 Å². The van der Waals surface area contributed by atoms with Gasteiger partial charge in [0.25, 0.3) is 0 Å². The number of hydrogen-bond donors (Lipinski definition) is 1. The first-order chi connectivity index (χ1) is 15.3. The molecule has 2 heterocycles. The minimum Gasteiger partial charge on any atom is -0.494 e. The number of rotatable bonds is 10. The van der Waals surface area contributed by atoms with Gasteiger partial charge in [0.15, 0.2) is 11.5 Å². The van der Waals surface area contributed by atoms with E-state index in [9.17, 15) is 0 Å². The second-order valence-electron chi connectivity index (χ2n) is 8.37. The molecule has 1 atom stereocenters. The highest BCUT2D eigenvalue weighted by molar-refractivity contribution is 5.44. The van der Waals surface area contributed by atoms with Gasteiger partial charge in [-0.2, -0.15) is 0 Å². The lowest BCUT2D eigenvalue weighted by Gasteiger charge is -2.29. The van der Waals surface area contributed by atoms with E-state index in [1.807, 2.05) is 18.2 Å². The molecule has 2 aromatic carbocycles. The summed E-state index contributed by atoms with van der Waals surface area (Å²) in [6.07, 6.45) is 8.88. The Hall–Kier alpha value is -2.66. The van der Waals surface area contributed by atoms with Gasteiger partial charge in [0.1, 0.15) is 19.0 Å². The Kier molecular flexibility index (Phi) is 7.72. The molecule has 2 aromatic rings. The predicted octanol–water partition coefficient (Wildman–Crippen LogP) is 4.35. The molecule has 0 aliphatic carbocycles. The van der Waals surface area contributed by atoms with Gasteiger partial charge >= 0.3 is 0 Å². The van der Waals surface area contributed by atoms with E-state index < -0.39 is 0 Å². The van der Waals surface area contributed by atoms with Crippen molar-refractivity contribution in [3.05, 3.63) is 65.9 Å². The van der Waals surface area contributed by atoms with Gasteiger partial charge in [0.05, 0.1) is 6.61 Å². The second kappa shape index (κ2) is 11.1. The molecule has 31 heavy (non-hydrogen) atoms. The predicted molar refractivity (Wildman–Crippen MR) is 124 cm³/mol. The van der Waals surface area contributed by atoms with E-state index in [-0.39, 0.29) is 0 Å². The van der Waals surface area contributed by atoms with Gasteiger partial charge in [-0.3, -0.25) is 0 Å². The number of hydrogen-bond acceptors (Lipinski definition) is 5. The number of nitrogens with zero attached hydrogens (tertiary/aromatic N) is 1. The average molecular weight is 423 g/mol. The lowest BCUT2D eigenvalue weighted by Crippen LogP contribution is -2.42. The molecular formula is C26H34N2O3. The number of allylic oxidation sites excluding steroid dienone is 1. The topological polar surface area (TPSA) is 43.0 Å². The Balaban J connectivity index is 1.30. The van der Waals surface area contributed by atoms with Gasteiger partial charge in [0.2, 0.25) is 0 Å². The van der Waals surface area contributed by atoms with E-state index in [2.05, 4.69) is 53.7 Å². The lowest BCUT2D eigenvalue weighted by molar-refractivity contribution is 0.171. The van der Waals surface area contributed by atoms with Crippen LogP contribution in [-0.4, -0.2) is 50.4 Å². The van der Waals surface area contributed by atoms with E-state index in [1.54, 1.807) is 0 Å². The molecule has 0 radical (unpaired) electrons. The zero-order valence-corrected chi connectivity index (χ0v) is 18.5. The van der Waals surface area contributed by atoms with Crippen LogP contribution in [0, 0.1) is 6.92 Å². The third-order valence-corrected chi connectivity index (χ3v) is 5.72. The Morgan fingerprint density at radius 3 is 2.71 bits per heavy atom. The van der Waals surface area contributed by atoms with Crippen LogP contribution in [0.4, 0.5) is 0 Å². The van der Waals surface area contributed by atoms with Crippen LogP contribution in [0.2, 0.25) is 0 Å². The van der Waals surface area contributed by atoms with Crippen molar-refractivity contribution in [3.8, 4) is 17.2 Å². The Bertz CT molecular complexity index is 850. The first-order valence-electron chi connectivity index (χ1n) is 11.5. The third-order valence-electron chi connectivity index (χ3n) is 5.72. The number of fused-ring (bicyclic) bond motifs is 1. The van der Waals surface area contributed by atoms with Crippen molar-refractivity contribution in [2.45, 2.75) is 38.6 Å². The first kappa shape index (κ1) is 21.6. The van der Waals surface area contributed by atoms with E-state index in [0.717, 1.165) is 56.3 Å². The van der Waals surface area contributed by atoms with E-state index in [4.69, 9.17) is 14.2 Å². The largest absolute Gasteiger partial charge is 0.494 e. The minimum atomic E-state index is 0.365. The molecule has 0 aromatic heterocycles. The highest BCUT2D eigenvalue weighted by atomic mass is 16.6. The van der Waals surface area contributed by atoms with Crippen molar-refractivity contribution >= 4 is 0 Å². The summed E-state index contributed by atoms with van der Waals surface area (Å²) in [5.74, 6) is 2.66. The summed E-state index contributed by atoms with van der Waals surface area (Å²) in [4.78, 5) is 2.43. The lowest BCUT2D eigenvalue weighted by atomic mass is 10.0. The molecule has 0 spiro atoms. The van der Waals surface area contributed by atoms with E-state index in [0.29, 0.717) is 19.3 Å². The standard InChI is InChI=1S/C26H34N2O3/c1-21-6-9-24(10-7-21)29-15-5-12-27-23(20-28-13-3-2-4-14-28)18-22-8-11-25-26(19-22)31-17-16-30-25/h3,6-11,13,19,23,27H,2,4-5,12,14-18,20H2,1H3. The van der Waals surface area contributed by atoms with Crippen molar-refractivity contribution in [2.24, 2.45) is 0 Å². The second-order valence-corrected chi connectivity index (χ2v) is 8.37. The fourth-order valence-corrected chi connectivity index (χ4v) is 4.05. The molecule has 4 rings (SSSR count). The molecular weight excluding hydrogens is 388 g/mol. The van der Waals surface area contributed by atoms with E-state index >= 15 is 0 Å². The van der Waals surface area contributed by atoms with Gasteiger partial charge < -0.3 is 24.4 Å². The number of nitrogens with one attached hydrogen (secondary N) is 1. The van der Waals surface area contributed by atoms with Gasteiger partial charge in [-0.15, -0.1) is 0 Å². The van der Waals surface area contributed by atoms with Crippen LogP contribution in [0.25, 0.3) is 0 Å². The maximum Gasteiger partial charge on any atom is 0.161 e. The van der Waals surface area contributed by atoms with Crippen LogP contribution >= 0.6 is 0 Å². The molecule has 5 nitrogen and oxygen atoms in total. The van der Waals surface area contributed by atoms with Crippen molar-refractivity contribution in [3.63, 3.8) is 0 Å². The third kappa shape index (κ3) is 6.66. The normalized spacial score (nSPS) is 16.2. The quantitative estimate of drug-likeness (QED) is 0.577. The summed E-state index contributed by atoms with van der Waals surface area (Å²) in [6, 6.07) is 14.9. The molecule has 5 heteroatoms. The van der Waals surface area contributed by atoms with Crippen LogP contribution in [0.1, 0.15) is 30.4 Å². The summed E-state index contributed by atoms with van der Waals surface area (Å²) < 4.78 is 17.3. The monoisotopic (exact) mass is 422 g/mol. The van der Waals surface area contributed by atoms with Gasteiger partial charge in [-0.25, -0.2) is 0 Å². The summed E-state index contributed by atoms with van der Waals surface area (Å²) in [6.45, 7) is 7.12. The molecule has 1 N–H and O–H groups in total. The first-order valence-corrected chi connectivity index (χ1v) is 11.5.